The number of anilines is 1. The Morgan fingerprint density at radius 2 is 2.23 bits per heavy atom. The maximum Gasteiger partial charge on any atom is 0.256 e. The molecular formula is C18H21FN2O3S2. The molecule has 2 heterocycles. The van der Waals surface area contributed by atoms with Crippen molar-refractivity contribution in [3.05, 3.63) is 46.1 Å². The molecule has 0 spiro atoms. The number of halogens is 1. The van der Waals surface area contributed by atoms with Gasteiger partial charge in [0.05, 0.1) is 12.2 Å². The normalized spacial score (nSPS) is 18.0. The Morgan fingerprint density at radius 3 is 2.88 bits per heavy atom. The zero-order valence-corrected chi connectivity index (χ0v) is 16.3. The molecule has 26 heavy (non-hydrogen) atoms. The Bertz CT molecular complexity index is 832. The van der Waals surface area contributed by atoms with Crippen LogP contribution in [0.25, 0.3) is 0 Å². The molecule has 1 saturated heterocycles. The molecule has 1 amide bonds. The van der Waals surface area contributed by atoms with Crippen LogP contribution in [0.2, 0.25) is 0 Å². The summed E-state index contributed by atoms with van der Waals surface area (Å²) in [5.74, 6) is -0.594. The van der Waals surface area contributed by atoms with E-state index in [2.05, 4.69) is 10.0 Å². The molecule has 5 nitrogen and oxygen atoms in total. The summed E-state index contributed by atoms with van der Waals surface area (Å²) in [5, 5.41) is 2.79. The summed E-state index contributed by atoms with van der Waals surface area (Å²) in [5.41, 5.74) is 1.51. The number of ether oxygens (including phenoxy) is 1. The predicted molar refractivity (Wildman–Crippen MR) is 102 cm³/mol. The second kappa shape index (κ2) is 8.39. The van der Waals surface area contributed by atoms with Crippen molar-refractivity contribution < 1.29 is 18.1 Å². The lowest BCUT2D eigenvalue weighted by molar-refractivity contribution is 0.102. The average molecular weight is 397 g/mol. The molecule has 140 valence electrons. The quantitative estimate of drug-likeness (QED) is 0.786. The summed E-state index contributed by atoms with van der Waals surface area (Å²) in [4.78, 5) is 13.5. The first-order chi connectivity index (χ1) is 12.5. The number of thiophene rings is 1. The maximum atomic E-state index is 13.4. The lowest BCUT2D eigenvalue weighted by atomic mass is 10.2. The van der Waals surface area contributed by atoms with E-state index in [1.807, 2.05) is 6.92 Å². The summed E-state index contributed by atoms with van der Waals surface area (Å²) >= 11 is 1.37. The minimum absolute atomic E-state index is 0.0717. The summed E-state index contributed by atoms with van der Waals surface area (Å²) in [6, 6.07) is 6.19. The van der Waals surface area contributed by atoms with Gasteiger partial charge in [-0.15, -0.1) is 11.3 Å². The van der Waals surface area contributed by atoms with E-state index in [0.29, 0.717) is 40.7 Å². The van der Waals surface area contributed by atoms with Crippen molar-refractivity contribution in [2.24, 2.45) is 0 Å². The molecule has 0 saturated carbocycles. The topological polar surface area (TPSA) is 67.4 Å². The Kier molecular flexibility index (Phi) is 6.18. The minimum atomic E-state index is -1.38. The number of aryl methyl sites for hydroxylation is 2. The Labute approximate surface area is 158 Å². The number of carbonyl (C=O) groups is 1. The van der Waals surface area contributed by atoms with Crippen molar-refractivity contribution in [2.75, 3.05) is 18.5 Å². The zero-order chi connectivity index (χ0) is 18.7. The van der Waals surface area contributed by atoms with E-state index in [9.17, 15) is 13.4 Å². The average Bonchev–Trinajstić information content (AvgIpc) is 3.27. The summed E-state index contributed by atoms with van der Waals surface area (Å²) in [6.45, 7) is 4.82. The second-order valence-corrected chi connectivity index (χ2v) is 8.73. The van der Waals surface area contributed by atoms with Gasteiger partial charge in [-0.05, 0) is 49.6 Å². The lowest BCUT2D eigenvalue weighted by Crippen LogP contribution is -2.30. The molecule has 1 aromatic heterocycles. The van der Waals surface area contributed by atoms with Crippen LogP contribution < -0.4 is 10.0 Å². The molecule has 0 radical (unpaired) electrons. The number of carbonyl (C=O) groups excluding carboxylic acids is 1. The van der Waals surface area contributed by atoms with E-state index in [-0.39, 0.29) is 17.8 Å². The number of benzene rings is 1. The fraction of sp³-hybridized carbons (Fsp3) is 0.389. The number of hydrogen-bond donors (Lipinski definition) is 2. The Balaban J connectivity index is 1.75. The van der Waals surface area contributed by atoms with Gasteiger partial charge < -0.3 is 10.1 Å². The highest BCUT2D eigenvalue weighted by molar-refractivity contribution is 7.85. The van der Waals surface area contributed by atoms with Crippen LogP contribution in [0.5, 0.6) is 0 Å². The third kappa shape index (κ3) is 4.37. The molecule has 1 fully saturated rings. The van der Waals surface area contributed by atoms with E-state index in [1.165, 1.54) is 23.5 Å². The van der Waals surface area contributed by atoms with Gasteiger partial charge in [-0.3, -0.25) is 4.79 Å². The van der Waals surface area contributed by atoms with Gasteiger partial charge in [-0.1, -0.05) is 6.92 Å². The molecule has 2 N–H and O–H groups in total. The molecule has 1 aliphatic rings. The standard InChI is InChI=1S/C18H21FN2O3S2/c1-3-16-14(18(22)20-12-4-5-15(19)11(2)8-12)9-17(25-16)26(23)21-13-6-7-24-10-13/h4-5,8-9,13,21H,3,6-7,10H2,1-2H3,(H,20,22). The summed E-state index contributed by atoms with van der Waals surface area (Å²) in [7, 11) is -1.38. The summed E-state index contributed by atoms with van der Waals surface area (Å²) < 4.78 is 34.9. The van der Waals surface area contributed by atoms with Crippen LogP contribution in [0.1, 0.15) is 34.1 Å². The predicted octanol–water partition coefficient (Wildman–Crippen LogP) is 3.41. The highest BCUT2D eigenvalue weighted by atomic mass is 32.2. The van der Waals surface area contributed by atoms with Gasteiger partial charge in [0.25, 0.3) is 5.91 Å². The third-order valence-electron chi connectivity index (χ3n) is 4.15. The molecule has 2 atom stereocenters. The van der Waals surface area contributed by atoms with Crippen molar-refractivity contribution in [2.45, 2.75) is 36.9 Å². The van der Waals surface area contributed by atoms with Gasteiger partial charge in [0.1, 0.15) is 21.0 Å². The second-order valence-electron chi connectivity index (χ2n) is 6.12. The van der Waals surface area contributed by atoms with Crippen LogP contribution >= 0.6 is 11.3 Å². The van der Waals surface area contributed by atoms with E-state index in [0.717, 1.165) is 11.3 Å². The smallest absolute Gasteiger partial charge is 0.256 e. The first-order valence-corrected chi connectivity index (χ1v) is 10.4. The van der Waals surface area contributed by atoms with Gasteiger partial charge >= 0.3 is 0 Å². The molecule has 2 unspecified atom stereocenters. The van der Waals surface area contributed by atoms with Crippen molar-refractivity contribution in [1.29, 1.82) is 0 Å². The van der Waals surface area contributed by atoms with Crippen LogP contribution in [-0.2, 0) is 22.1 Å². The van der Waals surface area contributed by atoms with E-state index in [1.54, 1.807) is 19.1 Å². The van der Waals surface area contributed by atoms with E-state index < -0.39 is 11.0 Å². The Hall–Kier alpha value is -1.61. The van der Waals surface area contributed by atoms with Gasteiger partial charge in [0.2, 0.25) is 0 Å². The van der Waals surface area contributed by atoms with Gasteiger partial charge in [-0.2, -0.15) is 0 Å². The van der Waals surface area contributed by atoms with E-state index in [4.69, 9.17) is 4.74 Å². The Morgan fingerprint density at radius 1 is 1.42 bits per heavy atom. The van der Waals surface area contributed by atoms with Crippen molar-refractivity contribution in [3.63, 3.8) is 0 Å². The molecule has 8 heteroatoms. The first kappa shape index (κ1) is 19.2. The number of amides is 1. The van der Waals surface area contributed by atoms with E-state index >= 15 is 0 Å². The highest BCUT2D eigenvalue weighted by Gasteiger charge is 2.22. The number of rotatable bonds is 6. The monoisotopic (exact) mass is 396 g/mol. The van der Waals surface area contributed by atoms with Crippen LogP contribution in [0.3, 0.4) is 0 Å². The SMILES string of the molecule is CCc1sc(S(=O)NC2CCOC2)cc1C(=O)Nc1ccc(F)c(C)c1. The molecule has 0 aliphatic carbocycles. The molecule has 0 bridgehead atoms. The lowest BCUT2D eigenvalue weighted by Gasteiger charge is -2.08. The van der Waals surface area contributed by atoms with Crippen LogP contribution in [0.15, 0.2) is 28.5 Å². The van der Waals surface area contributed by atoms with Gasteiger partial charge in [0, 0.05) is 23.2 Å². The fourth-order valence-electron chi connectivity index (χ4n) is 2.71. The van der Waals surface area contributed by atoms with Crippen molar-refractivity contribution >= 4 is 33.9 Å². The largest absolute Gasteiger partial charge is 0.380 e. The van der Waals surface area contributed by atoms with Crippen molar-refractivity contribution in [3.8, 4) is 0 Å². The number of nitrogens with one attached hydrogen (secondary N) is 2. The maximum absolute atomic E-state index is 13.4. The molecule has 2 aromatic rings. The fourth-order valence-corrected chi connectivity index (χ4v) is 5.11. The van der Waals surface area contributed by atoms with Crippen LogP contribution in [0.4, 0.5) is 10.1 Å². The summed E-state index contributed by atoms with van der Waals surface area (Å²) in [6.07, 6.45) is 1.49. The third-order valence-corrected chi connectivity index (χ3v) is 6.96. The van der Waals surface area contributed by atoms with Crippen molar-refractivity contribution in [1.82, 2.24) is 4.72 Å². The zero-order valence-electron chi connectivity index (χ0n) is 14.6. The first-order valence-electron chi connectivity index (χ1n) is 8.43. The number of hydrogen-bond acceptors (Lipinski definition) is 4. The highest BCUT2D eigenvalue weighted by Crippen LogP contribution is 2.27. The van der Waals surface area contributed by atoms with Gasteiger partial charge in [0.15, 0.2) is 0 Å². The molecule has 3 rings (SSSR count). The van der Waals surface area contributed by atoms with Gasteiger partial charge in [-0.25, -0.2) is 13.3 Å². The van der Waals surface area contributed by atoms with Crippen LogP contribution in [-0.4, -0.2) is 29.4 Å². The molecular weight excluding hydrogens is 375 g/mol. The molecule has 1 aromatic carbocycles. The van der Waals surface area contributed by atoms with Crippen LogP contribution in [0, 0.1) is 12.7 Å². The minimum Gasteiger partial charge on any atom is -0.380 e. The molecule has 1 aliphatic heterocycles.